The molecule has 0 bridgehead atoms. The third-order valence-corrected chi connectivity index (χ3v) is 5.39. The molecule has 0 radical (unpaired) electrons. The smallest absolute Gasteiger partial charge is 0.294 e. The Morgan fingerprint density at radius 3 is 2.69 bits per heavy atom. The van der Waals surface area contributed by atoms with Crippen LogP contribution in [-0.4, -0.2) is 5.91 Å². The lowest BCUT2D eigenvalue weighted by Crippen LogP contribution is -2.30. The second-order valence-corrected chi connectivity index (χ2v) is 7.47. The van der Waals surface area contributed by atoms with Gasteiger partial charge in [0.05, 0.1) is 6.54 Å². The van der Waals surface area contributed by atoms with E-state index >= 15 is 0 Å². The topological polar surface area (TPSA) is 33.5 Å². The summed E-state index contributed by atoms with van der Waals surface area (Å²) in [6.45, 7) is 2.38. The van der Waals surface area contributed by atoms with Crippen molar-refractivity contribution in [3.63, 3.8) is 0 Å². The molecule has 0 atom stereocenters. The van der Waals surface area contributed by atoms with Crippen LogP contribution in [-0.2, 0) is 6.54 Å². The van der Waals surface area contributed by atoms with Gasteiger partial charge in [0.15, 0.2) is 5.76 Å². The Kier molecular flexibility index (Phi) is 4.53. The van der Waals surface area contributed by atoms with Crippen molar-refractivity contribution in [3.8, 4) is 0 Å². The molecule has 0 spiro atoms. The number of amides is 1. The fraction of sp³-hybridized carbons (Fsp3) is 0.0952. The van der Waals surface area contributed by atoms with Crippen LogP contribution in [0.5, 0.6) is 0 Å². The summed E-state index contributed by atoms with van der Waals surface area (Å²) < 4.78 is 5.89. The van der Waals surface area contributed by atoms with E-state index in [9.17, 15) is 4.79 Å². The van der Waals surface area contributed by atoms with Crippen molar-refractivity contribution in [2.45, 2.75) is 13.5 Å². The second-order valence-electron chi connectivity index (χ2n) is 6.00. The summed E-state index contributed by atoms with van der Waals surface area (Å²) in [5, 5.41) is 3.55. The molecular weight excluding hydrogens is 366 g/mol. The number of fused-ring (bicyclic) bond motifs is 1. The minimum absolute atomic E-state index is 0.172. The SMILES string of the molecule is Cc1c(C(=O)N(Cc2cccs2)c2cccc(Cl)c2)oc2ccccc12. The molecule has 0 aliphatic heterocycles. The van der Waals surface area contributed by atoms with E-state index in [-0.39, 0.29) is 5.91 Å². The fourth-order valence-corrected chi connectivity index (χ4v) is 3.86. The average Bonchev–Trinajstić information content (AvgIpc) is 3.27. The molecule has 0 saturated heterocycles. The predicted octanol–water partition coefficient (Wildman–Crippen LogP) is 6.30. The van der Waals surface area contributed by atoms with Crippen LogP contribution in [0.3, 0.4) is 0 Å². The summed E-state index contributed by atoms with van der Waals surface area (Å²) in [5.74, 6) is 0.192. The molecule has 2 heterocycles. The van der Waals surface area contributed by atoms with Gasteiger partial charge in [0.25, 0.3) is 5.91 Å². The Balaban J connectivity index is 1.79. The maximum Gasteiger partial charge on any atom is 0.294 e. The van der Waals surface area contributed by atoms with E-state index in [2.05, 4.69) is 0 Å². The number of thiophene rings is 1. The van der Waals surface area contributed by atoms with Crippen molar-refractivity contribution in [1.82, 2.24) is 0 Å². The van der Waals surface area contributed by atoms with Crippen molar-refractivity contribution in [3.05, 3.63) is 87.3 Å². The van der Waals surface area contributed by atoms with Gasteiger partial charge in [-0.15, -0.1) is 11.3 Å². The Labute approximate surface area is 160 Å². The van der Waals surface area contributed by atoms with Crippen LogP contribution in [0.25, 0.3) is 11.0 Å². The van der Waals surface area contributed by atoms with E-state index in [0.717, 1.165) is 27.1 Å². The highest BCUT2D eigenvalue weighted by atomic mass is 35.5. The summed E-state index contributed by atoms with van der Waals surface area (Å²) in [4.78, 5) is 16.2. The zero-order valence-electron chi connectivity index (χ0n) is 14.1. The third kappa shape index (κ3) is 3.14. The highest BCUT2D eigenvalue weighted by Crippen LogP contribution is 2.30. The normalized spacial score (nSPS) is 11.0. The molecule has 2 aromatic carbocycles. The summed E-state index contributed by atoms with van der Waals surface area (Å²) in [7, 11) is 0. The zero-order chi connectivity index (χ0) is 18.1. The van der Waals surface area contributed by atoms with Crippen LogP contribution >= 0.6 is 22.9 Å². The van der Waals surface area contributed by atoms with Crippen LogP contribution < -0.4 is 4.90 Å². The minimum atomic E-state index is -0.172. The molecule has 0 N–H and O–H groups in total. The molecule has 0 aliphatic carbocycles. The van der Waals surface area contributed by atoms with E-state index in [1.54, 1.807) is 28.4 Å². The van der Waals surface area contributed by atoms with Gasteiger partial charge in [-0.1, -0.05) is 41.9 Å². The largest absolute Gasteiger partial charge is 0.451 e. The van der Waals surface area contributed by atoms with Gasteiger partial charge in [-0.25, -0.2) is 0 Å². The van der Waals surface area contributed by atoms with E-state index in [1.807, 2.05) is 60.8 Å². The van der Waals surface area contributed by atoms with Crippen LogP contribution in [0.1, 0.15) is 21.0 Å². The maximum absolute atomic E-state index is 13.4. The van der Waals surface area contributed by atoms with Gasteiger partial charge in [0, 0.05) is 26.5 Å². The van der Waals surface area contributed by atoms with E-state index < -0.39 is 0 Å². The molecular formula is C21H16ClNO2S. The average molecular weight is 382 g/mol. The molecule has 0 unspecified atom stereocenters. The Bertz CT molecular complexity index is 1070. The first kappa shape index (κ1) is 16.9. The number of nitrogens with zero attached hydrogens (tertiary/aromatic N) is 1. The number of hydrogen-bond acceptors (Lipinski definition) is 3. The highest BCUT2D eigenvalue weighted by Gasteiger charge is 2.25. The molecule has 4 rings (SSSR count). The van der Waals surface area contributed by atoms with Crippen molar-refractivity contribution < 1.29 is 9.21 Å². The van der Waals surface area contributed by atoms with Gasteiger partial charge >= 0.3 is 0 Å². The van der Waals surface area contributed by atoms with Gasteiger partial charge in [0.2, 0.25) is 0 Å². The summed E-state index contributed by atoms with van der Waals surface area (Å²) in [6.07, 6.45) is 0. The monoisotopic (exact) mass is 381 g/mol. The van der Waals surface area contributed by atoms with Crippen LogP contribution in [0.2, 0.25) is 5.02 Å². The summed E-state index contributed by atoms with van der Waals surface area (Å²) >= 11 is 7.77. The second kappa shape index (κ2) is 6.98. The minimum Gasteiger partial charge on any atom is -0.451 e. The lowest BCUT2D eigenvalue weighted by atomic mass is 10.1. The number of carbonyl (C=O) groups is 1. The Morgan fingerprint density at radius 2 is 1.96 bits per heavy atom. The van der Waals surface area contributed by atoms with E-state index in [1.165, 1.54) is 0 Å². The number of aryl methyl sites for hydroxylation is 1. The van der Waals surface area contributed by atoms with Crippen molar-refractivity contribution in [2.24, 2.45) is 0 Å². The number of para-hydroxylation sites is 1. The van der Waals surface area contributed by atoms with Crippen LogP contribution in [0.15, 0.2) is 70.5 Å². The van der Waals surface area contributed by atoms with Crippen molar-refractivity contribution in [1.29, 1.82) is 0 Å². The van der Waals surface area contributed by atoms with E-state index in [0.29, 0.717) is 17.3 Å². The number of furan rings is 1. The lowest BCUT2D eigenvalue weighted by molar-refractivity contribution is 0.0960. The molecule has 130 valence electrons. The standard InChI is InChI=1S/C21H16ClNO2S/c1-14-18-9-2-3-10-19(18)25-20(14)21(24)23(13-17-8-5-11-26-17)16-7-4-6-15(22)12-16/h2-12H,13H2,1H3. The molecule has 0 fully saturated rings. The molecule has 4 aromatic rings. The number of hydrogen-bond donors (Lipinski definition) is 0. The van der Waals surface area contributed by atoms with E-state index in [4.69, 9.17) is 16.0 Å². The lowest BCUT2D eigenvalue weighted by Gasteiger charge is -2.22. The van der Waals surface area contributed by atoms with Crippen LogP contribution in [0, 0.1) is 6.92 Å². The predicted molar refractivity (Wildman–Crippen MR) is 107 cm³/mol. The van der Waals surface area contributed by atoms with Gasteiger partial charge in [-0.05, 0) is 42.6 Å². The van der Waals surface area contributed by atoms with Crippen molar-refractivity contribution >= 4 is 45.5 Å². The molecule has 0 saturated carbocycles. The summed E-state index contributed by atoms with van der Waals surface area (Å²) in [5.41, 5.74) is 2.31. The molecule has 1 amide bonds. The first-order valence-electron chi connectivity index (χ1n) is 8.21. The maximum atomic E-state index is 13.4. The number of carbonyl (C=O) groups excluding carboxylic acids is 1. The number of halogens is 1. The third-order valence-electron chi connectivity index (χ3n) is 4.30. The van der Waals surface area contributed by atoms with Gasteiger partial charge in [0.1, 0.15) is 5.58 Å². The highest BCUT2D eigenvalue weighted by molar-refractivity contribution is 7.09. The Hall–Kier alpha value is -2.56. The van der Waals surface area contributed by atoms with Gasteiger partial charge in [-0.2, -0.15) is 0 Å². The fourth-order valence-electron chi connectivity index (χ4n) is 2.98. The van der Waals surface area contributed by atoms with Gasteiger partial charge < -0.3 is 9.32 Å². The Morgan fingerprint density at radius 1 is 1.12 bits per heavy atom. The zero-order valence-corrected chi connectivity index (χ0v) is 15.7. The first-order valence-corrected chi connectivity index (χ1v) is 9.47. The molecule has 3 nitrogen and oxygen atoms in total. The molecule has 5 heteroatoms. The van der Waals surface area contributed by atoms with Gasteiger partial charge in [-0.3, -0.25) is 4.79 Å². The van der Waals surface area contributed by atoms with Crippen molar-refractivity contribution in [2.75, 3.05) is 4.90 Å². The molecule has 0 aliphatic rings. The quantitative estimate of drug-likeness (QED) is 0.415. The summed E-state index contributed by atoms with van der Waals surface area (Å²) in [6, 6.07) is 19.0. The van der Waals surface area contributed by atoms with Crippen LogP contribution in [0.4, 0.5) is 5.69 Å². The number of rotatable bonds is 4. The first-order chi connectivity index (χ1) is 12.6. The number of anilines is 1. The molecule has 26 heavy (non-hydrogen) atoms. The number of benzene rings is 2. The molecule has 2 aromatic heterocycles.